The molecule has 1 aromatic heterocycles. The van der Waals surface area contributed by atoms with Crippen LogP contribution in [0, 0.1) is 0 Å². The minimum absolute atomic E-state index is 0.0167. The van der Waals surface area contributed by atoms with Gasteiger partial charge in [-0.25, -0.2) is 17.7 Å². The number of halogens is 1. The maximum Gasteiger partial charge on any atom is 0.323 e. The van der Waals surface area contributed by atoms with Crippen molar-refractivity contribution in [1.82, 2.24) is 9.88 Å². The number of carbonyl (C=O) groups is 2. The van der Waals surface area contributed by atoms with E-state index in [2.05, 4.69) is 4.98 Å². The fourth-order valence-electron chi connectivity index (χ4n) is 5.98. The highest BCUT2D eigenvalue weighted by atomic mass is 35.5. The van der Waals surface area contributed by atoms with Crippen molar-refractivity contribution in [3.8, 4) is 17.4 Å². The van der Waals surface area contributed by atoms with Crippen molar-refractivity contribution in [3.63, 3.8) is 0 Å². The van der Waals surface area contributed by atoms with Gasteiger partial charge in [0, 0.05) is 35.0 Å². The van der Waals surface area contributed by atoms with Crippen LogP contribution in [0.5, 0.6) is 17.4 Å². The lowest BCUT2D eigenvalue weighted by atomic mass is 9.81. The lowest BCUT2D eigenvalue weighted by Crippen LogP contribution is -2.58. The average molecular weight is 644 g/mol. The number of amides is 1. The van der Waals surface area contributed by atoms with E-state index < -0.39 is 39.1 Å². The predicted molar refractivity (Wildman–Crippen MR) is 163 cm³/mol. The molecule has 44 heavy (non-hydrogen) atoms. The van der Waals surface area contributed by atoms with Crippen LogP contribution in [0.4, 0.5) is 5.69 Å². The summed E-state index contributed by atoms with van der Waals surface area (Å²) in [4.78, 5) is 34.7. The van der Waals surface area contributed by atoms with Crippen molar-refractivity contribution in [2.24, 2.45) is 0 Å². The third kappa shape index (κ3) is 5.04. The van der Waals surface area contributed by atoms with Crippen molar-refractivity contribution >= 4 is 39.2 Å². The molecule has 2 aliphatic heterocycles. The Kier molecular flexibility index (Phi) is 8.29. The van der Waals surface area contributed by atoms with Gasteiger partial charge in [0.15, 0.2) is 5.54 Å². The van der Waals surface area contributed by atoms with Crippen molar-refractivity contribution in [3.05, 3.63) is 70.9 Å². The molecule has 0 bridgehead atoms. The number of sulfonamides is 1. The van der Waals surface area contributed by atoms with Crippen LogP contribution in [0.3, 0.4) is 0 Å². The van der Waals surface area contributed by atoms with E-state index >= 15 is 4.79 Å². The number of nitrogens with zero attached hydrogens (tertiary/aromatic N) is 3. The quantitative estimate of drug-likeness (QED) is 0.323. The molecule has 0 N–H and O–H groups in total. The summed E-state index contributed by atoms with van der Waals surface area (Å²) >= 11 is 6.54. The van der Waals surface area contributed by atoms with E-state index in [9.17, 15) is 13.2 Å². The number of ether oxygens (including phenoxy) is 4. The number of carbonyl (C=O) groups excluding carboxylic acids is 2. The van der Waals surface area contributed by atoms with Crippen molar-refractivity contribution in [1.29, 1.82) is 0 Å². The standard InChI is InChI=1S/C31H34ClN3O8S/c1-30(2,3)43-28(36)24-10-8-16-34(24)31(21-9-7-15-33-27(21)42-6)22-17-19(32)11-13-23(22)35(29(31)37)44(38,39)26-14-12-20(40-4)18-25(26)41-5/h7,9,11-15,17-18,24H,8,10,16H2,1-6H3/t24-,31?/m0/s1. The summed E-state index contributed by atoms with van der Waals surface area (Å²) in [7, 11) is -0.443. The Bertz CT molecular complexity index is 1720. The molecule has 3 aromatic rings. The fraction of sp³-hybridized carbons (Fsp3) is 0.387. The van der Waals surface area contributed by atoms with Crippen LogP contribution in [-0.4, -0.2) is 69.7 Å². The van der Waals surface area contributed by atoms with Gasteiger partial charge in [0.1, 0.15) is 28.0 Å². The van der Waals surface area contributed by atoms with Gasteiger partial charge in [-0.2, -0.15) is 0 Å². The Morgan fingerprint density at radius 3 is 2.43 bits per heavy atom. The minimum atomic E-state index is -4.62. The first-order chi connectivity index (χ1) is 20.8. The Morgan fingerprint density at radius 1 is 1.02 bits per heavy atom. The molecule has 5 rings (SSSR count). The number of hydrogen-bond donors (Lipinski definition) is 0. The molecule has 2 aliphatic rings. The molecule has 0 spiro atoms. The van der Waals surface area contributed by atoms with Gasteiger partial charge in [-0.3, -0.25) is 14.5 Å². The maximum atomic E-state index is 15.2. The van der Waals surface area contributed by atoms with Gasteiger partial charge in [0.2, 0.25) is 5.88 Å². The van der Waals surface area contributed by atoms with Gasteiger partial charge in [0.25, 0.3) is 15.9 Å². The van der Waals surface area contributed by atoms with Crippen molar-refractivity contribution in [2.75, 3.05) is 32.2 Å². The van der Waals surface area contributed by atoms with E-state index in [4.69, 9.17) is 30.5 Å². The van der Waals surface area contributed by atoms with Gasteiger partial charge >= 0.3 is 5.97 Å². The molecule has 1 fully saturated rings. The van der Waals surface area contributed by atoms with E-state index in [0.29, 0.717) is 18.6 Å². The third-order valence-electron chi connectivity index (χ3n) is 7.67. The fourth-order valence-corrected chi connectivity index (χ4v) is 7.75. The summed E-state index contributed by atoms with van der Waals surface area (Å²) in [5.41, 5.74) is -2.10. The van der Waals surface area contributed by atoms with E-state index in [0.717, 1.165) is 4.31 Å². The zero-order chi connectivity index (χ0) is 32.0. The second-order valence-corrected chi connectivity index (χ2v) is 13.6. The molecule has 13 heteroatoms. The minimum Gasteiger partial charge on any atom is -0.497 e. The molecule has 234 valence electrons. The van der Waals surface area contributed by atoms with Crippen molar-refractivity contribution < 1.29 is 37.0 Å². The van der Waals surface area contributed by atoms with Crippen LogP contribution in [0.2, 0.25) is 5.02 Å². The van der Waals surface area contributed by atoms with E-state index in [1.807, 2.05) is 0 Å². The van der Waals surface area contributed by atoms with Crippen LogP contribution in [0.1, 0.15) is 44.7 Å². The van der Waals surface area contributed by atoms with E-state index in [-0.39, 0.29) is 44.9 Å². The highest BCUT2D eigenvalue weighted by Gasteiger charge is 2.63. The van der Waals surface area contributed by atoms with Gasteiger partial charge in [-0.1, -0.05) is 11.6 Å². The smallest absolute Gasteiger partial charge is 0.323 e. The summed E-state index contributed by atoms with van der Waals surface area (Å²) in [5, 5.41) is 0.262. The Labute approximate surface area is 261 Å². The molecular formula is C31H34ClN3O8S. The number of esters is 1. The zero-order valence-corrected chi connectivity index (χ0v) is 26.9. The second kappa shape index (κ2) is 11.6. The average Bonchev–Trinajstić information content (AvgIpc) is 3.57. The molecule has 1 saturated heterocycles. The van der Waals surface area contributed by atoms with Crippen LogP contribution < -0.4 is 18.5 Å². The number of fused-ring (bicyclic) bond motifs is 1. The number of pyridine rings is 1. The summed E-state index contributed by atoms with van der Waals surface area (Å²) in [6, 6.07) is 11.1. The van der Waals surface area contributed by atoms with Crippen LogP contribution in [-0.2, 0) is 29.9 Å². The molecular weight excluding hydrogens is 610 g/mol. The predicted octanol–water partition coefficient (Wildman–Crippen LogP) is 4.55. The van der Waals surface area contributed by atoms with Crippen molar-refractivity contribution in [2.45, 2.75) is 55.7 Å². The lowest BCUT2D eigenvalue weighted by molar-refractivity contribution is -0.162. The van der Waals surface area contributed by atoms with Gasteiger partial charge < -0.3 is 18.9 Å². The molecule has 2 aromatic carbocycles. The first-order valence-electron chi connectivity index (χ1n) is 13.9. The highest BCUT2D eigenvalue weighted by molar-refractivity contribution is 7.93. The summed E-state index contributed by atoms with van der Waals surface area (Å²) in [6.45, 7) is 5.54. The third-order valence-corrected chi connectivity index (χ3v) is 9.64. The number of hydrogen-bond acceptors (Lipinski definition) is 10. The number of anilines is 1. The van der Waals surface area contributed by atoms with E-state index in [1.54, 1.807) is 43.9 Å². The summed E-state index contributed by atoms with van der Waals surface area (Å²) < 4.78 is 52.0. The van der Waals surface area contributed by atoms with Crippen LogP contribution in [0.15, 0.2) is 59.6 Å². The largest absolute Gasteiger partial charge is 0.497 e. The monoisotopic (exact) mass is 643 g/mol. The molecule has 0 radical (unpaired) electrons. The van der Waals surface area contributed by atoms with Crippen LogP contribution >= 0.6 is 11.6 Å². The topological polar surface area (TPSA) is 125 Å². The normalized spacial score (nSPS) is 20.4. The molecule has 0 aliphatic carbocycles. The van der Waals surface area contributed by atoms with E-state index in [1.165, 1.54) is 57.9 Å². The number of methoxy groups -OCH3 is 3. The molecule has 1 amide bonds. The number of likely N-dealkylation sites (tertiary alicyclic amines) is 1. The second-order valence-electron chi connectivity index (χ2n) is 11.4. The molecule has 0 saturated carbocycles. The van der Waals surface area contributed by atoms with Crippen LogP contribution in [0.25, 0.3) is 0 Å². The first-order valence-corrected chi connectivity index (χ1v) is 15.7. The Balaban J connectivity index is 1.82. The summed E-state index contributed by atoms with van der Waals surface area (Å²) in [6.07, 6.45) is 2.42. The lowest BCUT2D eigenvalue weighted by Gasteiger charge is -2.41. The SMILES string of the molecule is COc1ccc(S(=O)(=O)N2C(=O)C(c3cccnc3OC)(N3CCC[C@H]3C(=O)OC(C)(C)C)c3cc(Cl)ccc32)c(OC)c1. The molecule has 2 atom stereocenters. The summed E-state index contributed by atoms with van der Waals surface area (Å²) in [5.74, 6) is -0.951. The maximum absolute atomic E-state index is 15.2. The van der Waals surface area contributed by atoms with Gasteiger partial charge in [-0.15, -0.1) is 0 Å². The highest BCUT2D eigenvalue weighted by Crippen LogP contribution is 2.55. The molecule has 1 unspecified atom stereocenters. The molecule has 3 heterocycles. The first kappa shape index (κ1) is 31.6. The number of aromatic nitrogens is 1. The number of rotatable bonds is 8. The zero-order valence-electron chi connectivity index (χ0n) is 25.3. The Hall–Kier alpha value is -3.87. The van der Waals surface area contributed by atoms with Gasteiger partial charge in [-0.05, 0) is 76.1 Å². The van der Waals surface area contributed by atoms with Gasteiger partial charge in [0.05, 0.1) is 27.0 Å². The Morgan fingerprint density at radius 2 is 1.77 bits per heavy atom. The molecule has 11 nitrogen and oxygen atoms in total. The number of benzene rings is 2.